The molecule has 1 heterocycles. The molecule has 2 amide bonds. The first kappa shape index (κ1) is 19.4. The molecule has 0 radical (unpaired) electrons. The summed E-state index contributed by atoms with van der Waals surface area (Å²) >= 11 is 3.49. The summed E-state index contributed by atoms with van der Waals surface area (Å²) in [6.45, 7) is 1.05. The molecule has 0 unspecified atom stereocenters. The van der Waals surface area contributed by atoms with Crippen LogP contribution in [0.2, 0.25) is 0 Å². The van der Waals surface area contributed by atoms with E-state index in [9.17, 15) is 9.59 Å². The Bertz CT molecular complexity index is 817. The molecule has 6 nitrogen and oxygen atoms in total. The number of nitrogens with one attached hydrogen (secondary N) is 1. The standard InChI is InChI=1S/C20H21BrN2O4/c21-16-3-1-2-15(12-16)20(8-10-26-11-9-20)23-18(24)13-27-17-6-4-14(5-7-17)19(22)25/h1-7,12H,8-11,13H2,(H2,22,25)(H,23,24). The van der Waals surface area contributed by atoms with Crippen LogP contribution < -0.4 is 15.8 Å². The monoisotopic (exact) mass is 432 g/mol. The molecule has 142 valence electrons. The molecule has 0 aliphatic carbocycles. The molecular formula is C20H21BrN2O4. The number of hydrogen-bond donors (Lipinski definition) is 2. The highest BCUT2D eigenvalue weighted by molar-refractivity contribution is 9.10. The van der Waals surface area contributed by atoms with Crippen molar-refractivity contribution in [2.45, 2.75) is 18.4 Å². The van der Waals surface area contributed by atoms with Gasteiger partial charge in [-0.25, -0.2) is 0 Å². The maximum Gasteiger partial charge on any atom is 0.258 e. The minimum atomic E-state index is -0.505. The number of ether oxygens (including phenoxy) is 2. The summed E-state index contributed by atoms with van der Waals surface area (Å²) in [5.74, 6) is -0.218. The van der Waals surface area contributed by atoms with Gasteiger partial charge < -0.3 is 20.5 Å². The van der Waals surface area contributed by atoms with Crippen molar-refractivity contribution in [1.29, 1.82) is 0 Å². The second-order valence-electron chi connectivity index (χ2n) is 6.43. The Morgan fingerprint density at radius 2 is 1.85 bits per heavy atom. The van der Waals surface area contributed by atoms with E-state index in [4.69, 9.17) is 15.2 Å². The maximum absolute atomic E-state index is 12.6. The molecule has 1 saturated heterocycles. The number of carbonyl (C=O) groups excluding carboxylic acids is 2. The third-order valence-corrected chi connectivity index (χ3v) is 5.10. The molecule has 1 aliphatic rings. The van der Waals surface area contributed by atoms with Crippen molar-refractivity contribution in [3.05, 3.63) is 64.1 Å². The molecule has 3 rings (SSSR count). The topological polar surface area (TPSA) is 90.7 Å². The van der Waals surface area contributed by atoms with Crippen LogP contribution in [0.1, 0.15) is 28.8 Å². The molecule has 27 heavy (non-hydrogen) atoms. The van der Waals surface area contributed by atoms with Crippen LogP contribution in [0.15, 0.2) is 53.0 Å². The summed E-state index contributed by atoms with van der Waals surface area (Å²) < 4.78 is 12.0. The van der Waals surface area contributed by atoms with Gasteiger partial charge in [0.25, 0.3) is 5.91 Å². The number of halogens is 1. The lowest BCUT2D eigenvalue weighted by atomic mass is 9.82. The van der Waals surface area contributed by atoms with E-state index in [1.54, 1.807) is 24.3 Å². The van der Waals surface area contributed by atoms with Gasteiger partial charge >= 0.3 is 0 Å². The lowest BCUT2D eigenvalue weighted by Gasteiger charge is -2.38. The Morgan fingerprint density at radius 1 is 1.15 bits per heavy atom. The van der Waals surface area contributed by atoms with Crippen LogP contribution in [-0.4, -0.2) is 31.6 Å². The van der Waals surface area contributed by atoms with E-state index in [0.29, 0.717) is 37.4 Å². The zero-order valence-electron chi connectivity index (χ0n) is 14.7. The SMILES string of the molecule is NC(=O)c1ccc(OCC(=O)NC2(c3cccc(Br)c3)CCOCC2)cc1. The molecule has 0 spiro atoms. The number of benzene rings is 2. The predicted octanol–water partition coefficient (Wildman–Crippen LogP) is 2.75. The summed E-state index contributed by atoms with van der Waals surface area (Å²) in [6, 6.07) is 14.3. The van der Waals surface area contributed by atoms with Gasteiger partial charge in [0.05, 0.1) is 5.54 Å². The fourth-order valence-electron chi connectivity index (χ4n) is 3.16. The highest BCUT2D eigenvalue weighted by atomic mass is 79.9. The van der Waals surface area contributed by atoms with Crippen molar-refractivity contribution in [3.8, 4) is 5.75 Å². The van der Waals surface area contributed by atoms with Crippen molar-refractivity contribution in [3.63, 3.8) is 0 Å². The predicted molar refractivity (Wildman–Crippen MR) is 104 cm³/mol. The van der Waals surface area contributed by atoms with Crippen LogP contribution in [0.25, 0.3) is 0 Å². The van der Waals surface area contributed by atoms with Crippen molar-refractivity contribution in [1.82, 2.24) is 5.32 Å². The molecule has 0 saturated carbocycles. The van der Waals surface area contributed by atoms with Crippen molar-refractivity contribution in [2.75, 3.05) is 19.8 Å². The molecule has 3 N–H and O–H groups in total. The number of rotatable bonds is 6. The third kappa shape index (κ3) is 4.87. The first-order chi connectivity index (χ1) is 13.0. The summed E-state index contributed by atoms with van der Waals surface area (Å²) in [5, 5.41) is 3.14. The zero-order chi connectivity index (χ0) is 19.3. The third-order valence-electron chi connectivity index (χ3n) is 4.61. The van der Waals surface area contributed by atoms with Gasteiger partial charge in [0.15, 0.2) is 6.61 Å². The molecule has 2 aromatic rings. The van der Waals surface area contributed by atoms with Crippen LogP contribution in [-0.2, 0) is 15.1 Å². The van der Waals surface area contributed by atoms with Gasteiger partial charge in [-0.2, -0.15) is 0 Å². The Kier molecular flexibility index (Phi) is 6.13. The van der Waals surface area contributed by atoms with E-state index in [1.165, 1.54) is 0 Å². The minimum absolute atomic E-state index is 0.119. The van der Waals surface area contributed by atoms with Gasteiger partial charge in [-0.1, -0.05) is 28.1 Å². The van der Waals surface area contributed by atoms with E-state index in [-0.39, 0.29) is 12.5 Å². The number of amides is 2. The van der Waals surface area contributed by atoms with Crippen LogP contribution in [0.5, 0.6) is 5.75 Å². The molecule has 1 fully saturated rings. The Hall–Kier alpha value is -2.38. The number of primary amides is 1. The smallest absolute Gasteiger partial charge is 0.258 e. The van der Waals surface area contributed by atoms with E-state index in [0.717, 1.165) is 10.0 Å². The molecule has 1 aliphatic heterocycles. The van der Waals surface area contributed by atoms with E-state index in [1.807, 2.05) is 24.3 Å². The van der Waals surface area contributed by atoms with Crippen molar-refractivity contribution in [2.24, 2.45) is 5.73 Å². The normalized spacial score (nSPS) is 15.7. The summed E-state index contributed by atoms with van der Waals surface area (Å²) in [7, 11) is 0. The van der Waals surface area contributed by atoms with Crippen LogP contribution in [0.4, 0.5) is 0 Å². The number of hydrogen-bond acceptors (Lipinski definition) is 4. The fraction of sp³-hybridized carbons (Fsp3) is 0.300. The Labute approximate surface area is 166 Å². The molecule has 0 aromatic heterocycles. The van der Waals surface area contributed by atoms with Gasteiger partial charge in [-0.15, -0.1) is 0 Å². The van der Waals surface area contributed by atoms with E-state index in [2.05, 4.69) is 21.2 Å². The first-order valence-electron chi connectivity index (χ1n) is 8.66. The summed E-state index contributed by atoms with van der Waals surface area (Å²) in [5.41, 5.74) is 6.17. The molecule has 2 aromatic carbocycles. The number of carbonyl (C=O) groups is 2. The quantitative estimate of drug-likeness (QED) is 0.733. The van der Waals surface area contributed by atoms with Gasteiger partial charge in [-0.05, 0) is 54.8 Å². The van der Waals surface area contributed by atoms with Crippen LogP contribution in [0.3, 0.4) is 0 Å². The van der Waals surface area contributed by atoms with Gasteiger partial charge in [0.1, 0.15) is 5.75 Å². The fourth-order valence-corrected chi connectivity index (χ4v) is 3.56. The lowest BCUT2D eigenvalue weighted by molar-refractivity contribution is -0.126. The van der Waals surface area contributed by atoms with E-state index < -0.39 is 11.4 Å². The van der Waals surface area contributed by atoms with Crippen molar-refractivity contribution < 1.29 is 19.1 Å². The minimum Gasteiger partial charge on any atom is -0.484 e. The molecule has 0 atom stereocenters. The van der Waals surface area contributed by atoms with Crippen molar-refractivity contribution >= 4 is 27.7 Å². The second kappa shape index (κ2) is 8.54. The van der Waals surface area contributed by atoms with Crippen LogP contribution in [0, 0.1) is 0 Å². The maximum atomic E-state index is 12.6. The molecule has 7 heteroatoms. The van der Waals surface area contributed by atoms with Gasteiger partial charge in [0, 0.05) is 23.2 Å². The van der Waals surface area contributed by atoms with Gasteiger partial charge in [-0.3, -0.25) is 9.59 Å². The highest BCUT2D eigenvalue weighted by Crippen LogP contribution is 2.33. The molecular weight excluding hydrogens is 412 g/mol. The average Bonchev–Trinajstić information content (AvgIpc) is 2.67. The lowest BCUT2D eigenvalue weighted by Crippen LogP contribution is -2.50. The van der Waals surface area contributed by atoms with Gasteiger partial charge in [0.2, 0.25) is 5.91 Å². The first-order valence-corrected chi connectivity index (χ1v) is 9.45. The Morgan fingerprint density at radius 3 is 2.48 bits per heavy atom. The average molecular weight is 433 g/mol. The second-order valence-corrected chi connectivity index (χ2v) is 7.35. The molecule has 0 bridgehead atoms. The number of nitrogens with two attached hydrogens (primary N) is 1. The Balaban J connectivity index is 1.67. The summed E-state index contributed by atoms with van der Waals surface area (Å²) in [6.07, 6.45) is 1.39. The van der Waals surface area contributed by atoms with E-state index >= 15 is 0 Å². The van der Waals surface area contributed by atoms with Crippen LogP contribution >= 0.6 is 15.9 Å². The summed E-state index contributed by atoms with van der Waals surface area (Å²) in [4.78, 5) is 23.7. The largest absolute Gasteiger partial charge is 0.484 e. The zero-order valence-corrected chi connectivity index (χ0v) is 16.3. The highest BCUT2D eigenvalue weighted by Gasteiger charge is 2.36.